The van der Waals surface area contributed by atoms with Crippen molar-refractivity contribution < 1.29 is 13.2 Å². The maximum Gasteiger partial charge on any atom is 0.328 e. The maximum atomic E-state index is 11.8. The highest BCUT2D eigenvalue weighted by molar-refractivity contribution is 7.90. The molecular weight excluding hydrogens is 420 g/mol. The Labute approximate surface area is 189 Å². The van der Waals surface area contributed by atoms with Crippen molar-refractivity contribution in [3.63, 3.8) is 0 Å². The zero-order valence-corrected chi connectivity index (χ0v) is 19.2. The molecule has 0 atom stereocenters. The second-order valence-electron chi connectivity index (χ2n) is 7.54. The number of aryl methyl sites for hydroxylation is 1. The van der Waals surface area contributed by atoms with E-state index in [4.69, 9.17) is 0 Å². The SMILES string of the molecule is CCCCNC(=O)NS(=O)(=O)c1ccc(C)cc1.c1ccc2c(c1)ccc1ccccc12. The Morgan fingerprint density at radius 2 is 1.31 bits per heavy atom. The van der Waals surface area contributed by atoms with E-state index in [1.54, 1.807) is 12.1 Å². The van der Waals surface area contributed by atoms with E-state index in [0.717, 1.165) is 18.4 Å². The molecule has 0 spiro atoms. The summed E-state index contributed by atoms with van der Waals surface area (Å²) >= 11 is 0. The summed E-state index contributed by atoms with van der Waals surface area (Å²) in [7, 11) is -3.78. The third-order valence-corrected chi connectivity index (χ3v) is 6.38. The van der Waals surface area contributed by atoms with Gasteiger partial charge in [0.25, 0.3) is 10.0 Å². The first-order chi connectivity index (χ1) is 15.4. The number of rotatable bonds is 5. The minimum atomic E-state index is -3.78. The fraction of sp³-hybridized carbons (Fsp3) is 0.192. The molecular formula is C26H28N2O3S. The number of fused-ring (bicyclic) bond motifs is 3. The minimum Gasteiger partial charge on any atom is -0.337 e. The van der Waals surface area contributed by atoms with Crippen LogP contribution in [0.2, 0.25) is 0 Å². The molecule has 2 N–H and O–H groups in total. The fourth-order valence-corrected chi connectivity index (χ4v) is 4.20. The summed E-state index contributed by atoms with van der Waals surface area (Å²) < 4.78 is 25.6. The minimum absolute atomic E-state index is 0.0822. The Bertz CT molecular complexity index is 1240. The van der Waals surface area contributed by atoms with Gasteiger partial charge in [0.1, 0.15) is 0 Å². The van der Waals surface area contributed by atoms with Crippen LogP contribution in [0.4, 0.5) is 4.79 Å². The molecule has 0 bridgehead atoms. The van der Waals surface area contributed by atoms with Gasteiger partial charge in [0.05, 0.1) is 4.90 Å². The number of hydrogen-bond donors (Lipinski definition) is 2. The Kier molecular flexibility index (Phi) is 7.84. The summed E-state index contributed by atoms with van der Waals surface area (Å²) in [6.45, 7) is 4.32. The van der Waals surface area contributed by atoms with Crippen LogP contribution in [0.3, 0.4) is 0 Å². The molecule has 0 saturated carbocycles. The summed E-state index contributed by atoms with van der Waals surface area (Å²) in [6.07, 6.45) is 1.75. The van der Waals surface area contributed by atoms with E-state index in [1.807, 2.05) is 18.6 Å². The lowest BCUT2D eigenvalue weighted by atomic mass is 10.0. The molecule has 0 saturated heterocycles. The third-order valence-electron chi connectivity index (χ3n) is 5.03. The van der Waals surface area contributed by atoms with Crippen molar-refractivity contribution >= 4 is 37.6 Å². The van der Waals surface area contributed by atoms with Crippen LogP contribution in [0.15, 0.2) is 89.8 Å². The average Bonchev–Trinajstić information content (AvgIpc) is 2.79. The number of hydrogen-bond acceptors (Lipinski definition) is 3. The van der Waals surface area contributed by atoms with E-state index in [9.17, 15) is 13.2 Å². The third kappa shape index (κ3) is 6.08. The van der Waals surface area contributed by atoms with E-state index < -0.39 is 16.1 Å². The van der Waals surface area contributed by atoms with Gasteiger partial charge >= 0.3 is 6.03 Å². The molecule has 32 heavy (non-hydrogen) atoms. The number of unbranched alkanes of at least 4 members (excludes halogenated alkanes) is 1. The van der Waals surface area contributed by atoms with Crippen molar-refractivity contribution in [3.8, 4) is 0 Å². The molecule has 0 aromatic heterocycles. The first kappa shape index (κ1) is 23.3. The zero-order chi connectivity index (χ0) is 23.0. The van der Waals surface area contributed by atoms with Gasteiger partial charge < -0.3 is 5.32 Å². The highest BCUT2D eigenvalue weighted by Gasteiger charge is 2.16. The lowest BCUT2D eigenvalue weighted by Crippen LogP contribution is -2.39. The number of benzene rings is 4. The predicted molar refractivity (Wildman–Crippen MR) is 131 cm³/mol. The molecule has 4 rings (SSSR count). The molecule has 0 unspecified atom stereocenters. The number of nitrogens with one attached hydrogen (secondary N) is 2. The molecule has 0 fully saturated rings. The van der Waals surface area contributed by atoms with E-state index >= 15 is 0 Å². The summed E-state index contributed by atoms with van der Waals surface area (Å²) in [5.74, 6) is 0. The number of carbonyl (C=O) groups is 1. The molecule has 0 heterocycles. The summed E-state index contributed by atoms with van der Waals surface area (Å²) in [5.41, 5.74) is 0.960. The highest BCUT2D eigenvalue weighted by atomic mass is 32.2. The zero-order valence-electron chi connectivity index (χ0n) is 18.3. The van der Waals surface area contributed by atoms with Crippen LogP contribution in [0.25, 0.3) is 21.5 Å². The first-order valence-electron chi connectivity index (χ1n) is 10.6. The smallest absolute Gasteiger partial charge is 0.328 e. The quantitative estimate of drug-likeness (QED) is 0.300. The molecule has 5 nitrogen and oxygen atoms in total. The Hall–Kier alpha value is -3.38. The Balaban J connectivity index is 0.000000185. The van der Waals surface area contributed by atoms with Gasteiger partial charge in [-0.1, -0.05) is 91.7 Å². The molecule has 0 aliphatic rings. The van der Waals surface area contributed by atoms with Crippen molar-refractivity contribution in [2.45, 2.75) is 31.6 Å². The molecule has 2 amide bonds. The van der Waals surface area contributed by atoms with Crippen molar-refractivity contribution in [3.05, 3.63) is 90.5 Å². The van der Waals surface area contributed by atoms with Crippen molar-refractivity contribution in [2.75, 3.05) is 6.54 Å². The molecule has 4 aromatic rings. The van der Waals surface area contributed by atoms with Crippen LogP contribution in [0, 0.1) is 6.92 Å². The van der Waals surface area contributed by atoms with Crippen LogP contribution in [0.5, 0.6) is 0 Å². The van der Waals surface area contributed by atoms with E-state index in [-0.39, 0.29) is 4.90 Å². The number of urea groups is 1. The molecule has 0 radical (unpaired) electrons. The number of sulfonamides is 1. The summed E-state index contributed by atoms with van der Waals surface area (Å²) in [5, 5.41) is 7.79. The van der Waals surface area contributed by atoms with Gasteiger partial charge in [-0.2, -0.15) is 0 Å². The van der Waals surface area contributed by atoms with Crippen LogP contribution in [0.1, 0.15) is 25.3 Å². The number of amides is 2. The second-order valence-corrected chi connectivity index (χ2v) is 9.22. The normalized spacial score (nSPS) is 10.9. The van der Waals surface area contributed by atoms with Crippen LogP contribution in [-0.4, -0.2) is 21.0 Å². The van der Waals surface area contributed by atoms with Crippen LogP contribution >= 0.6 is 0 Å². The van der Waals surface area contributed by atoms with Gasteiger partial charge in [0, 0.05) is 6.54 Å². The Morgan fingerprint density at radius 3 is 1.84 bits per heavy atom. The van der Waals surface area contributed by atoms with Gasteiger partial charge in [0.2, 0.25) is 0 Å². The molecule has 6 heteroatoms. The van der Waals surface area contributed by atoms with Crippen LogP contribution < -0.4 is 10.0 Å². The van der Waals surface area contributed by atoms with Crippen molar-refractivity contribution in [1.82, 2.24) is 10.0 Å². The van der Waals surface area contributed by atoms with Gasteiger partial charge in [-0.05, 0) is 47.0 Å². The van der Waals surface area contributed by atoms with Gasteiger partial charge in [-0.15, -0.1) is 0 Å². The van der Waals surface area contributed by atoms with E-state index in [0.29, 0.717) is 6.54 Å². The molecule has 4 aromatic carbocycles. The standard InChI is InChI=1S/C14H10.C12H18N2O3S/c1-3-7-13-11(5-1)9-10-12-6-2-4-8-14(12)13;1-3-4-9-13-12(15)14-18(16,17)11-7-5-10(2)6-8-11/h1-10H;5-8H,3-4,9H2,1-2H3,(H2,13,14,15). The van der Waals surface area contributed by atoms with Gasteiger partial charge in [0.15, 0.2) is 0 Å². The number of carbonyl (C=O) groups excluding carboxylic acids is 1. The van der Waals surface area contributed by atoms with Crippen molar-refractivity contribution in [2.24, 2.45) is 0 Å². The van der Waals surface area contributed by atoms with Crippen molar-refractivity contribution in [1.29, 1.82) is 0 Å². The fourth-order valence-electron chi connectivity index (χ4n) is 3.27. The maximum absolute atomic E-state index is 11.8. The van der Waals surface area contributed by atoms with Crippen LogP contribution in [-0.2, 0) is 10.0 Å². The predicted octanol–water partition coefficient (Wildman–Crippen LogP) is 5.78. The Morgan fingerprint density at radius 1 is 0.781 bits per heavy atom. The summed E-state index contributed by atoms with van der Waals surface area (Å²) in [4.78, 5) is 11.5. The summed E-state index contributed by atoms with van der Waals surface area (Å²) in [6, 6.07) is 27.0. The van der Waals surface area contributed by atoms with E-state index in [1.165, 1.54) is 33.7 Å². The lowest BCUT2D eigenvalue weighted by Gasteiger charge is -2.08. The van der Waals surface area contributed by atoms with Gasteiger partial charge in [-0.3, -0.25) is 0 Å². The molecule has 0 aliphatic heterocycles. The van der Waals surface area contributed by atoms with E-state index in [2.05, 4.69) is 66.0 Å². The molecule has 166 valence electrons. The van der Waals surface area contributed by atoms with Gasteiger partial charge in [-0.25, -0.2) is 17.9 Å². The second kappa shape index (κ2) is 10.8. The first-order valence-corrected chi connectivity index (χ1v) is 12.1. The largest absolute Gasteiger partial charge is 0.337 e. The average molecular weight is 449 g/mol. The lowest BCUT2D eigenvalue weighted by molar-refractivity contribution is 0.245. The topological polar surface area (TPSA) is 75.3 Å². The highest BCUT2D eigenvalue weighted by Crippen LogP contribution is 2.24. The monoisotopic (exact) mass is 448 g/mol. The molecule has 0 aliphatic carbocycles.